The van der Waals surface area contributed by atoms with Crippen molar-refractivity contribution < 1.29 is 0 Å². The molecule has 54 heavy (non-hydrogen) atoms. The molecule has 0 bridgehead atoms. The lowest BCUT2D eigenvalue weighted by Gasteiger charge is -2.41. The topological polar surface area (TPSA) is 31.2 Å². The SMILES string of the molecule is Cc1cc(C)c(N=C(c2c(Cl)c(Cl)c(Cl)c(Cl)c2Cl)N2CCCN(C(=Nc3c(C(C)C)cccc3C(C)C)c3c(C(C)C)cccc3C(C)C)C2)c(Cl)c1. The standard InChI is InChI=1S/C44H50Cl6N4/c1-23(2)29-14-11-15-30(24(3)4)34(29)43(52-42-31(25(5)6)16-12-17-32(42)26(7)8)53-18-13-19-54(22-53)44(51-41-28(10)20-27(9)21-33(41)45)35-36(46)38(48)40(50)39(49)37(35)47/h11-12,14-17,20-21,23-26H,13,18-19,22H2,1-10H3. The zero-order valence-corrected chi connectivity index (χ0v) is 37.3. The summed E-state index contributed by atoms with van der Waals surface area (Å²) in [5.74, 6) is 2.49. The van der Waals surface area contributed by atoms with Crippen LogP contribution < -0.4 is 0 Å². The Bertz CT molecular complexity index is 1990. The van der Waals surface area contributed by atoms with Gasteiger partial charge in [0.25, 0.3) is 0 Å². The van der Waals surface area contributed by atoms with E-state index in [2.05, 4.69) is 108 Å². The highest BCUT2D eigenvalue weighted by Crippen LogP contribution is 2.46. The molecule has 1 heterocycles. The Balaban J connectivity index is 1.83. The number of amidine groups is 2. The van der Waals surface area contributed by atoms with E-state index in [0.29, 0.717) is 35.3 Å². The van der Waals surface area contributed by atoms with Gasteiger partial charge in [0.2, 0.25) is 0 Å². The van der Waals surface area contributed by atoms with Crippen molar-refractivity contribution in [2.45, 2.75) is 99.3 Å². The number of hydrogen-bond donors (Lipinski definition) is 0. The molecule has 4 aromatic rings. The Morgan fingerprint density at radius 2 is 0.944 bits per heavy atom. The fourth-order valence-corrected chi connectivity index (χ4v) is 8.90. The number of aliphatic imine (C=N–C) groups is 2. The highest BCUT2D eigenvalue weighted by atomic mass is 35.5. The molecule has 1 fully saturated rings. The third-order valence-corrected chi connectivity index (χ3v) is 12.6. The number of hydrogen-bond acceptors (Lipinski definition) is 2. The zero-order chi connectivity index (χ0) is 39.8. The number of para-hydroxylation sites is 1. The van der Waals surface area contributed by atoms with Gasteiger partial charge in [0.05, 0.1) is 53.7 Å². The summed E-state index contributed by atoms with van der Waals surface area (Å²) in [7, 11) is 0. The summed E-state index contributed by atoms with van der Waals surface area (Å²) in [5.41, 5.74) is 10.1. The summed E-state index contributed by atoms with van der Waals surface area (Å²) in [5, 5.41) is 1.16. The molecule has 1 saturated heterocycles. The van der Waals surface area contributed by atoms with Gasteiger partial charge in [-0.1, -0.05) is 167 Å². The molecule has 4 nitrogen and oxygen atoms in total. The monoisotopic (exact) mass is 844 g/mol. The van der Waals surface area contributed by atoms with E-state index in [-0.39, 0.29) is 48.8 Å². The van der Waals surface area contributed by atoms with E-state index in [1.165, 1.54) is 27.8 Å². The minimum Gasteiger partial charge on any atom is -0.338 e. The fraction of sp³-hybridized carbons (Fsp3) is 0.409. The molecule has 0 atom stereocenters. The van der Waals surface area contributed by atoms with Crippen LogP contribution >= 0.6 is 69.6 Å². The van der Waals surface area contributed by atoms with Crippen molar-refractivity contribution in [2.24, 2.45) is 9.98 Å². The molecule has 0 spiro atoms. The Labute approximate surface area is 352 Å². The second kappa shape index (κ2) is 17.8. The van der Waals surface area contributed by atoms with Crippen LogP contribution in [0.3, 0.4) is 0 Å². The smallest absolute Gasteiger partial charge is 0.141 e. The van der Waals surface area contributed by atoms with Crippen molar-refractivity contribution >= 4 is 92.7 Å². The van der Waals surface area contributed by atoms with Crippen molar-refractivity contribution in [3.05, 3.63) is 123 Å². The van der Waals surface area contributed by atoms with E-state index in [1.807, 2.05) is 19.9 Å². The molecule has 1 aliphatic heterocycles. The van der Waals surface area contributed by atoms with Crippen LogP contribution in [0.1, 0.15) is 130 Å². The normalized spacial score (nSPS) is 14.4. The van der Waals surface area contributed by atoms with Crippen LogP contribution in [0.5, 0.6) is 0 Å². The van der Waals surface area contributed by atoms with E-state index < -0.39 is 0 Å². The summed E-state index contributed by atoms with van der Waals surface area (Å²) < 4.78 is 0. The van der Waals surface area contributed by atoms with Crippen LogP contribution in [0.2, 0.25) is 30.1 Å². The first-order valence-electron chi connectivity index (χ1n) is 18.7. The summed E-state index contributed by atoms with van der Waals surface area (Å²) in [6.07, 6.45) is 0.798. The van der Waals surface area contributed by atoms with Crippen LogP contribution in [0.15, 0.2) is 58.5 Å². The molecule has 10 heteroatoms. The molecule has 0 N–H and O–H groups in total. The van der Waals surface area contributed by atoms with E-state index in [9.17, 15) is 0 Å². The molecular formula is C44H50Cl6N4. The summed E-state index contributed by atoms with van der Waals surface area (Å²) >= 11 is 40.9. The average Bonchev–Trinajstić information content (AvgIpc) is 3.12. The predicted molar refractivity (Wildman–Crippen MR) is 237 cm³/mol. The maximum Gasteiger partial charge on any atom is 0.141 e. The Kier molecular flexibility index (Phi) is 14.1. The molecule has 0 unspecified atom stereocenters. The number of halogens is 6. The van der Waals surface area contributed by atoms with Crippen LogP contribution in [-0.2, 0) is 0 Å². The van der Waals surface area contributed by atoms with Crippen molar-refractivity contribution in [1.82, 2.24) is 9.80 Å². The van der Waals surface area contributed by atoms with E-state index in [1.54, 1.807) is 0 Å². The highest BCUT2D eigenvalue weighted by Gasteiger charge is 2.32. The molecule has 0 aromatic heterocycles. The first-order valence-corrected chi connectivity index (χ1v) is 20.9. The zero-order valence-electron chi connectivity index (χ0n) is 32.8. The maximum absolute atomic E-state index is 7.03. The van der Waals surface area contributed by atoms with Crippen LogP contribution in [-0.4, -0.2) is 41.2 Å². The molecule has 1 aliphatic rings. The first-order chi connectivity index (χ1) is 25.4. The molecule has 0 aliphatic carbocycles. The second-order valence-corrected chi connectivity index (χ2v) is 17.8. The van der Waals surface area contributed by atoms with Crippen LogP contribution in [0, 0.1) is 13.8 Å². The lowest BCUT2D eigenvalue weighted by molar-refractivity contribution is 0.214. The lowest BCUT2D eigenvalue weighted by Crippen LogP contribution is -2.50. The van der Waals surface area contributed by atoms with Crippen molar-refractivity contribution in [2.75, 3.05) is 19.8 Å². The Morgan fingerprint density at radius 3 is 1.39 bits per heavy atom. The Morgan fingerprint density at radius 1 is 0.537 bits per heavy atom. The number of benzene rings is 4. The fourth-order valence-electron chi connectivity index (χ4n) is 7.23. The van der Waals surface area contributed by atoms with Gasteiger partial charge in [-0.15, -0.1) is 0 Å². The molecule has 0 saturated carbocycles. The molecule has 0 radical (unpaired) electrons. The highest BCUT2D eigenvalue weighted by molar-refractivity contribution is 6.56. The van der Waals surface area contributed by atoms with Crippen LogP contribution in [0.25, 0.3) is 0 Å². The Hall–Kier alpha value is -2.44. The summed E-state index contributed by atoms with van der Waals surface area (Å²) in [4.78, 5) is 15.6. The predicted octanol–water partition coefficient (Wildman–Crippen LogP) is 15.5. The quantitative estimate of drug-likeness (QED) is 0.0766. The number of rotatable bonds is 8. The van der Waals surface area contributed by atoms with E-state index >= 15 is 0 Å². The van der Waals surface area contributed by atoms with Crippen molar-refractivity contribution in [3.63, 3.8) is 0 Å². The van der Waals surface area contributed by atoms with Crippen molar-refractivity contribution in [3.8, 4) is 0 Å². The van der Waals surface area contributed by atoms with Gasteiger partial charge in [0, 0.05) is 18.7 Å². The van der Waals surface area contributed by atoms with Gasteiger partial charge in [-0.25, -0.2) is 9.98 Å². The number of nitrogens with zero attached hydrogens (tertiary/aromatic N) is 4. The van der Waals surface area contributed by atoms with Crippen LogP contribution in [0.4, 0.5) is 11.4 Å². The molecule has 288 valence electrons. The molecule has 4 aromatic carbocycles. The minimum absolute atomic E-state index is 0.0898. The third-order valence-electron chi connectivity index (χ3n) is 10.0. The van der Waals surface area contributed by atoms with Gasteiger partial charge >= 0.3 is 0 Å². The molecular weight excluding hydrogens is 797 g/mol. The lowest BCUT2D eigenvalue weighted by atomic mass is 9.87. The van der Waals surface area contributed by atoms with Crippen molar-refractivity contribution in [1.29, 1.82) is 0 Å². The third kappa shape index (κ3) is 8.75. The summed E-state index contributed by atoms with van der Waals surface area (Å²) in [6, 6.07) is 17.2. The first kappa shape index (κ1) is 42.7. The largest absolute Gasteiger partial charge is 0.338 e. The average molecular weight is 848 g/mol. The van der Waals surface area contributed by atoms with Gasteiger partial charge in [-0.2, -0.15) is 0 Å². The van der Waals surface area contributed by atoms with Gasteiger partial charge in [0.15, 0.2) is 0 Å². The second-order valence-electron chi connectivity index (χ2n) is 15.5. The van der Waals surface area contributed by atoms with E-state index in [4.69, 9.17) is 79.6 Å². The van der Waals surface area contributed by atoms with Gasteiger partial charge in [-0.05, 0) is 83.4 Å². The molecule has 0 amide bonds. The van der Waals surface area contributed by atoms with Gasteiger partial charge < -0.3 is 9.80 Å². The van der Waals surface area contributed by atoms with E-state index in [0.717, 1.165) is 35.6 Å². The van der Waals surface area contributed by atoms with Gasteiger partial charge in [-0.3, -0.25) is 0 Å². The minimum atomic E-state index is 0.0898. The number of aryl methyl sites for hydroxylation is 2. The maximum atomic E-state index is 7.03. The summed E-state index contributed by atoms with van der Waals surface area (Å²) in [6.45, 7) is 23.8. The molecule has 5 rings (SSSR count). The van der Waals surface area contributed by atoms with Gasteiger partial charge in [0.1, 0.15) is 11.7 Å².